The molecule has 66 valence electrons. The van der Waals surface area contributed by atoms with Crippen LogP contribution in [0.5, 0.6) is 5.88 Å². The number of hydrogen-bond acceptors (Lipinski definition) is 5. The van der Waals surface area contributed by atoms with Crippen LogP contribution in [0.3, 0.4) is 0 Å². The van der Waals surface area contributed by atoms with Crippen molar-refractivity contribution in [2.75, 3.05) is 0 Å². The highest BCUT2D eigenvalue weighted by molar-refractivity contribution is 8.13. The molecule has 0 unspecified atom stereocenters. The van der Waals surface area contributed by atoms with Gasteiger partial charge in [-0.05, 0) is 0 Å². The first-order valence-corrected chi connectivity index (χ1v) is 4.95. The van der Waals surface area contributed by atoms with Gasteiger partial charge in [0.15, 0.2) is 0 Å². The van der Waals surface area contributed by atoms with E-state index in [2.05, 4.69) is 4.98 Å². The summed E-state index contributed by atoms with van der Waals surface area (Å²) in [5, 5.41) is 8.83. The number of aromatic hydroxyl groups is 1. The number of nitrogens with zero attached hydrogens (tertiary/aromatic N) is 1. The van der Waals surface area contributed by atoms with Crippen LogP contribution >= 0.6 is 10.7 Å². The maximum atomic E-state index is 10.8. The number of rotatable bonds is 1. The van der Waals surface area contributed by atoms with Crippen molar-refractivity contribution in [3.05, 3.63) is 16.7 Å². The van der Waals surface area contributed by atoms with Gasteiger partial charge in [-0.3, -0.25) is 4.79 Å². The Bertz CT molecular complexity index is 450. The Hall–Kier alpha value is -1.08. The van der Waals surface area contributed by atoms with Gasteiger partial charge < -0.3 is 10.1 Å². The number of nitrogens with one attached hydrogen (secondary N) is 1. The van der Waals surface area contributed by atoms with E-state index in [0.717, 1.165) is 6.33 Å². The first-order valence-electron chi connectivity index (χ1n) is 2.64. The zero-order valence-corrected chi connectivity index (χ0v) is 7.06. The van der Waals surface area contributed by atoms with Crippen LogP contribution in [0.15, 0.2) is 16.0 Å². The summed E-state index contributed by atoms with van der Waals surface area (Å²) in [4.78, 5) is 14.9. The van der Waals surface area contributed by atoms with Crippen molar-refractivity contribution in [2.45, 2.75) is 4.90 Å². The van der Waals surface area contributed by atoms with Gasteiger partial charge in [0.2, 0.25) is 10.8 Å². The van der Waals surface area contributed by atoms with Gasteiger partial charge >= 0.3 is 0 Å². The molecule has 6 nitrogen and oxygen atoms in total. The maximum Gasteiger partial charge on any atom is 0.274 e. The summed E-state index contributed by atoms with van der Waals surface area (Å²) in [5.41, 5.74) is -1.00. The lowest BCUT2D eigenvalue weighted by Crippen LogP contribution is -2.14. The van der Waals surface area contributed by atoms with E-state index in [9.17, 15) is 13.2 Å². The highest BCUT2D eigenvalue weighted by atomic mass is 35.7. The molecule has 0 aliphatic heterocycles. The Morgan fingerprint density at radius 1 is 1.58 bits per heavy atom. The molecular formula is C4H3ClN2O4S. The fraction of sp³-hybridized carbons (Fsp3) is 0. The van der Waals surface area contributed by atoms with Crippen molar-refractivity contribution < 1.29 is 13.5 Å². The SMILES string of the molecule is O=c1[nH]cnc(O)c1S(=O)(=O)Cl. The first-order chi connectivity index (χ1) is 5.43. The van der Waals surface area contributed by atoms with Crippen molar-refractivity contribution in [1.82, 2.24) is 9.97 Å². The number of hydrogen-bond donors (Lipinski definition) is 2. The van der Waals surface area contributed by atoms with Gasteiger partial charge in [0.05, 0.1) is 6.33 Å². The molecule has 0 radical (unpaired) electrons. The number of aromatic amines is 1. The minimum atomic E-state index is -4.25. The fourth-order valence-corrected chi connectivity index (χ4v) is 1.57. The molecule has 0 saturated carbocycles. The smallest absolute Gasteiger partial charge is 0.274 e. The summed E-state index contributed by atoms with van der Waals surface area (Å²) in [6, 6.07) is 0. The van der Waals surface area contributed by atoms with Crippen LogP contribution in [0.2, 0.25) is 0 Å². The van der Waals surface area contributed by atoms with E-state index < -0.39 is 25.4 Å². The second-order valence-electron chi connectivity index (χ2n) is 1.82. The van der Waals surface area contributed by atoms with Crippen LogP contribution in [0, 0.1) is 0 Å². The van der Waals surface area contributed by atoms with Gasteiger partial charge in [-0.25, -0.2) is 13.4 Å². The molecule has 0 bridgehead atoms. The quantitative estimate of drug-likeness (QED) is 0.603. The molecule has 12 heavy (non-hydrogen) atoms. The van der Waals surface area contributed by atoms with Crippen molar-refractivity contribution in [1.29, 1.82) is 0 Å². The summed E-state index contributed by atoms with van der Waals surface area (Å²) in [6.45, 7) is 0. The summed E-state index contributed by atoms with van der Waals surface area (Å²) in [6.07, 6.45) is 0.864. The first kappa shape index (κ1) is 9.01. The van der Waals surface area contributed by atoms with Crippen LogP contribution in [0.1, 0.15) is 0 Å². The van der Waals surface area contributed by atoms with Gasteiger partial charge in [-0.2, -0.15) is 0 Å². The van der Waals surface area contributed by atoms with Gasteiger partial charge in [-0.15, -0.1) is 0 Å². The predicted molar refractivity (Wildman–Crippen MR) is 39.6 cm³/mol. The molecule has 0 aromatic carbocycles. The standard InChI is InChI=1S/C4H3ClN2O4S/c5-12(10,11)2-3(8)6-1-7-4(2)9/h1H,(H2,6,7,8,9). The van der Waals surface area contributed by atoms with E-state index in [1.54, 1.807) is 0 Å². The molecule has 1 aromatic heterocycles. The van der Waals surface area contributed by atoms with E-state index in [4.69, 9.17) is 15.8 Å². The molecule has 0 amide bonds. The summed E-state index contributed by atoms with van der Waals surface area (Å²) in [7, 11) is 0.573. The van der Waals surface area contributed by atoms with Crippen molar-refractivity contribution in [2.24, 2.45) is 0 Å². The van der Waals surface area contributed by atoms with Gasteiger partial charge in [-0.1, -0.05) is 0 Å². The molecule has 0 fully saturated rings. The van der Waals surface area contributed by atoms with Crippen LogP contribution in [0.4, 0.5) is 0 Å². The molecule has 0 atom stereocenters. The molecule has 8 heteroatoms. The molecule has 0 aliphatic rings. The van der Waals surface area contributed by atoms with Gasteiger partial charge in [0.1, 0.15) is 0 Å². The van der Waals surface area contributed by atoms with Crippen LogP contribution < -0.4 is 5.56 Å². The predicted octanol–water partition coefficient (Wildman–Crippen LogP) is -0.597. The normalized spacial score (nSPS) is 11.4. The van der Waals surface area contributed by atoms with E-state index >= 15 is 0 Å². The van der Waals surface area contributed by atoms with Gasteiger partial charge in [0.25, 0.3) is 14.6 Å². The number of H-pyrrole nitrogens is 1. The van der Waals surface area contributed by atoms with E-state index in [-0.39, 0.29) is 0 Å². The van der Waals surface area contributed by atoms with Gasteiger partial charge in [0, 0.05) is 10.7 Å². The Kier molecular flexibility index (Phi) is 2.07. The van der Waals surface area contributed by atoms with Crippen LogP contribution in [-0.2, 0) is 9.05 Å². The summed E-state index contributed by atoms with van der Waals surface area (Å²) in [5.74, 6) is -0.909. The number of aromatic nitrogens is 2. The summed E-state index contributed by atoms with van der Waals surface area (Å²) < 4.78 is 21.2. The van der Waals surface area contributed by atoms with Crippen LogP contribution in [-0.4, -0.2) is 23.5 Å². The molecule has 0 saturated heterocycles. The Labute approximate surface area is 71.3 Å². The second kappa shape index (κ2) is 2.76. The third kappa shape index (κ3) is 1.56. The van der Waals surface area contributed by atoms with E-state index in [1.807, 2.05) is 4.98 Å². The highest BCUT2D eigenvalue weighted by Crippen LogP contribution is 2.17. The minimum absolute atomic E-state index is 0.864. The zero-order valence-electron chi connectivity index (χ0n) is 5.48. The third-order valence-electron chi connectivity index (χ3n) is 1.04. The Morgan fingerprint density at radius 2 is 2.17 bits per heavy atom. The lowest BCUT2D eigenvalue weighted by Gasteiger charge is -1.95. The molecule has 2 N–H and O–H groups in total. The highest BCUT2D eigenvalue weighted by Gasteiger charge is 2.20. The topological polar surface area (TPSA) is 100 Å². The molecule has 1 rings (SSSR count). The fourth-order valence-electron chi connectivity index (χ4n) is 0.598. The van der Waals surface area contributed by atoms with Crippen LogP contribution in [0.25, 0.3) is 0 Å². The molecule has 1 aromatic rings. The molecular weight excluding hydrogens is 208 g/mol. The maximum absolute atomic E-state index is 10.8. The Balaban J connectivity index is 3.65. The Morgan fingerprint density at radius 3 is 2.50 bits per heavy atom. The largest absolute Gasteiger partial charge is 0.492 e. The monoisotopic (exact) mass is 210 g/mol. The summed E-state index contributed by atoms with van der Waals surface area (Å²) >= 11 is 0. The third-order valence-corrected chi connectivity index (χ3v) is 2.35. The van der Waals surface area contributed by atoms with E-state index in [1.165, 1.54) is 0 Å². The average Bonchev–Trinajstić information content (AvgIpc) is 1.82. The van der Waals surface area contributed by atoms with Crippen molar-refractivity contribution in [3.8, 4) is 5.88 Å². The van der Waals surface area contributed by atoms with Crippen molar-refractivity contribution in [3.63, 3.8) is 0 Å². The lowest BCUT2D eigenvalue weighted by molar-refractivity contribution is 0.433. The second-order valence-corrected chi connectivity index (χ2v) is 4.33. The minimum Gasteiger partial charge on any atom is -0.492 e. The molecule has 1 heterocycles. The average molecular weight is 211 g/mol. The zero-order chi connectivity index (χ0) is 9.35. The molecule has 0 aliphatic carbocycles. The lowest BCUT2D eigenvalue weighted by atomic mass is 10.6. The number of halogens is 1. The van der Waals surface area contributed by atoms with Crippen molar-refractivity contribution >= 4 is 19.7 Å². The molecule has 0 spiro atoms. The van der Waals surface area contributed by atoms with E-state index in [0.29, 0.717) is 0 Å².